The third-order valence-electron chi connectivity index (χ3n) is 2.49. The van der Waals surface area contributed by atoms with E-state index in [0.717, 1.165) is 0 Å². The highest BCUT2D eigenvalue weighted by Gasteiger charge is 2.21. The Hall–Kier alpha value is 0.120. The van der Waals surface area contributed by atoms with Gasteiger partial charge >= 0.3 is 0 Å². The number of rotatable bonds is 6. The van der Waals surface area contributed by atoms with E-state index in [9.17, 15) is 8.42 Å². The van der Waals surface area contributed by atoms with Gasteiger partial charge in [-0.25, -0.2) is 0 Å². The molecule has 0 aromatic heterocycles. The standard InChI is InChI=1S/C9H23N3O2S.ClH/c1-8(2)9(10)6-7-12(5)15(13,14)11(3)4;/h8-9H,6-7,10H2,1-5H3;1H. The zero-order valence-electron chi connectivity index (χ0n) is 10.7. The van der Waals surface area contributed by atoms with Crippen molar-refractivity contribution in [3.63, 3.8) is 0 Å². The first-order valence-corrected chi connectivity index (χ1v) is 6.48. The van der Waals surface area contributed by atoms with Crippen molar-refractivity contribution in [2.24, 2.45) is 11.7 Å². The quantitative estimate of drug-likeness (QED) is 0.767. The second kappa shape index (κ2) is 7.45. The summed E-state index contributed by atoms with van der Waals surface area (Å²) in [5.74, 6) is 0.375. The summed E-state index contributed by atoms with van der Waals surface area (Å²) in [6.07, 6.45) is 0.682. The first-order chi connectivity index (χ1) is 6.69. The fraction of sp³-hybridized carbons (Fsp3) is 1.00. The molecule has 0 bridgehead atoms. The zero-order valence-corrected chi connectivity index (χ0v) is 12.3. The lowest BCUT2D eigenvalue weighted by Crippen LogP contribution is -2.40. The summed E-state index contributed by atoms with van der Waals surface area (Å²) in [5.41, 5.74) is 5.85. The minimum absolute atomic E-state index is 0. The van der Waals surface area contributed by atoms with E-state index in [2.05, 4.69) is 0 Å². The van der Waals surface area contributed by atoms with E-state index >= 15 is 0 Å². The van der Waals surface area contributed by atoms with Crippen molar-refractivity contribution in [2.45, 2.75) is 26.3 Å². The molecule has 1 unspecified atom stereocenters. The monoisotopic (exact) mass is 273 g/mol. The topological polar surface area (TPSA) is 66.6 Å². The largest absolute Gasteiger partial charge is 0.327 e. The Morgan fingerprint density at radius 1 is 1.19 bits per heavy atom. The van der Waals surface area contributed by atoms with E-state index in [1.165, 1.54) is 22.7 Å². The molecule has 0 radical (unpaired) electrons. The Balaban J connectivity index is 0. The summed E-state index contributed by atoms with van der Waals surface area (Å²) in [6.45, 7) is 4.52. The maximum atomic E-state index is 11.6. The third-order valence-corrected chi connectivity index (χ3v) is 4.38. The lowest BCUT2D eigenvalue weighted by molar-refractivity contribution is 0.376. The fourth-order valence-electron chi connectivity index (χ4n) is 1.06. The third kappa shape index (κ3) is 5.45. The predicted molar refractivity (Wildman–Crippen MR) is 69.9 cm³/mol. The van der Waals surface area contributed by atoms with Gasteiger partial charge in [0, 0.05) is 33.7 Å². The van der Waals surface area contributed by atoms with E-state index in [1.807, 2.05) is 13.8 Å². The average molecular weight is 274 g/mol. The van der Waals surface area contributed by atoms with Crippen molar-refractivity contribution in [2.75, 3.05) is 27.7 Å². The van der Waals surface area contributed by atoms with E-state index in [4.69, 9.17) is 5.73 Å². The summed E-state index contributed by atoms with van der Waals surface area (Å²) in [7, 11) is 1.33. The number of hydrogen-bond acceptors (Lipinski definition) is 3. The number of nitrogens with two attached hydrogens (primary N) is 1. The first kappa shape index (κ1) is 18.5. The molecule has 0 aliphatic rings. The molecule has 5 nitrogen and oxygen atoms in total. The molecule has 0 spiro atoms. The Labute approximate surface area is 106 Å². The minimum atomic E-state index is -3.29. The van der Waals surface area contributed by atoms with Crippen molar-refractivity contribution < 1.29 is 8.42 Å². The van der Waals surface area contributed by atoms with Crippen molar-refractivity contribution in [1.29, 1.82) is 0 Å². The van der Waals surface area contributed by atoms with E-state index in [-0.39, 0.29) is 18.4 Å². The van der Waals surface area contributed by atoms with Gasteiger partial charge in [0.25, 0.3) is 10.2 Å². The Morgan fingerprint density at radius 3 is 1.94 bits per heavy atom. The van der Waals surface area contributed by atoms with Crippen LogP contribution in [-0.4, -0.2) is 50.8 Å². The van der Waals surface area contributed by atoms with Crippen molar-refractivity contribution in [3.8, 4) is 0 Å². The molecule has 0 fully saturated rings. The fourth-order valence-corrected chi connectivity index (χ4v) is 1.95. The van der Waals surface area contributed by atoms with Gasteiger partial charge in [0.05, 0.1) is 0 Å². The summed E-state index contributed by atoms with van der Waals surface area (Å²) in [5, 5.41) is 0. The molecule has 0 amide bonds. The van der Waals surface area contributed by atoms with Gasteiger partial charge < -0.3 is 5.73 Å². The molecule has 7 heteroatoms. The van der Waals surface area contributed by atoms with Gasteiger partial charge in [0.1, 0.15) is 0 Å². The van der Waals surface area contributed by atoms with Crippen molar-refractivity contribution in [1.82, 2.24) is 8.61 Å². The van der Waals surface area contributed by atoms with Gasteiger partial charge in [0.2, 0.25) is 0 Å². The van der Waals surface area contributed by atoms with Gasteiger partial charge in [-0.3, -0.25) is 0 Å². The van der Waals surface area contributed by atoms with E-state index < -0.39 is 10.2 Å². The Kier molecular flexibility index (Phi) is 8.60. The number of halogens is 1. The normalized spacial score (nSPS) is 14.3. The summed E-state index contributed by atoms with van der Waals surface area (Å²) in [6, 6.07) is 0.0461. The van der Waals surface area contributed by atoms with Crippen molar-refractivity contribution in [3.05, 3.63) is 0 Å². The molecule has 0 saturated heterocycles. The van der Waals surface area contributed by atoms with Crippen LogP contribution in [0.3, 0.4) is 0 Å². The van der Waals surface area contributed by atoms with Gasteiger partial charge in [-0.05, 0) is 12.3 Å². The van der Waals surface area contributed by atoms with Crippen LogP contribution in [0, 0.1) is 5.92 Å². The number of nitrogens with zero attached hydrogens (tertiary/aromatic N) is 2. The molecular formula is C9H24ClN3O2S. The Morgan fingerprint density at radius 2 is 1.62 bits per heavy atom. The maximum absolute atomic E-state index is 11.6. The van der Waals surface area contributed by atoms with Gasteiger partial charge in [-0.15, -0.1) is 12.4 Å². The van der Waals surface area contributed by atoms with Gasteiger partial charge in [-0.2, -0.15) is 17.0 Å². The minimum Gasteiger partial charge on any atom is -0.327 e. The van der Waals surface area contributed by atoms with Crippen molar-refractivity contribution >= 4 is 22.6 Å². The second-order valence-corrected chi connectivity index (χ2v) is 6.56. The van der Waals surface area contributed by atoms with Crippen LogP contribution >= 0.6 is 12.4 Å². The SMILES string of the molecule is CC(C)C(N)CCN(C)S(=O)(=O)N(C)C.Cl. The smallest absolute Gasteiger partial charge is 0.281 e. The van der Waals surface area contributed by atoms with Crippen LogP contribution in [0.15, 0.2) is 0 Å². The summed E-state index contributed by atoms with van der Waals surface area (Å²) < 4.78 is 25.8. The molecule has 0 heterocycles. The molecule has 0 saturated carbocycles. The van der Waals surface area contributed by atoms with Crippen LogP contribution in [0.1, 0.15) is 20.3 Å². The number of hydrogen-bond donors (Lipinski definition) is 1. The lowest BCUT2D eigenvalue weighted by atomic mass is 10.0. The molecule has 0 aliphatic carbocycles. The van der Waals surface area contributed by atoms with Gasteiger partial charge in [-0.1, -0.05) is 13.8 Å². The zero-order chi connectivity index (χ0) is 12.2. The highest BCUT2D eigenvalue weighted by molar-refractivity contribution is 7.86. The average Bonchev–Trinajstić information content (AvgIpc) is 2.12. The molecule has 16 heavy (non-hydrogen) atoms. The van der Waals surface area contributed by atoms with Crippen LogP contribution in [-0.2, 0) is 10.2 Å². The molecule has 100 valence electrons. The van der Waals surface area contributed by atoms with Crippen LogP contribution in [0.25, 0.3) is 0 Å². The second-order valence-electron chi connectivity index (χ2n) is 4.31. The van der Waals surface area contributed by atoms with Gasteiger partial charge in [0.15, 0.2) is 0 Å². The molecule has 0 rings (SSSR count). The molecule has 0 aliphatic heterocycles. The molecular weight excluding hydrogens is 250 g/mol. The van der Waals surface area contributed by atoms with E-state index in [0.29, 0.717) is 18.9 Å². The molecule has 1 atom stereocenters. The van der Waals surface area contributed by atoms with Crippen LogP contribution < -0.4 is 5.73 Å². The summed E-state index contributed by atoms with van der Waals surface area (Å²) >= 11 is 0. The van der Waals surface area contributed by atoms with Crippen LogP contribution in [0.5, 0.6) is 0 Å². The lowest BCUT2D eigenvalue weighted by Gasteiger charge is -2.23. The molecule has 0 aromatic rings. The van der Waals surface area contributed by atoms with Crippen LogP contribution in [0.2, 0.25) is 0 Å². The predicted octanol–water partition coefficient (Wildman–Crippen LogP) is 0.520. The Bertz CT molecular complexity index is 280. The molecule has 0 aromatic carbocycles. The van der Waals surface area contributed by atoms with E-state index in [1.54, 1.807) is 7.05 Å². The molecule has 2 N–H and O–H groups in total. The highest BCUT2D eigenvalue weighted by atomic mass is 35.5. The van der Waals surface area contributed by atoms with Crippen LogP contribution in [0.4, 0.5) is 0 Å². The highest BCUT2D eigenvalue weighted by Crippen LogP contribution is 2.07. The first-order valence-electron chi connectivity index (χ1n) is 5.09. The summed E-state index contributed by atoms with van der Waals surface area (Å²) in [4.78, 5) is 0. The maximum Gasteiger partial charge on any atom is 0.281 e.